The van der Waals surface area contributed by atoms with Crippen LogP contribution in [-0.4, -0.2) is 67.0 Å². The number of hydrogen-bond donors (Lipinski definition) is 3. The Morgan fingerprint density at radius 3 is 1.87 bits per heavy atom. The Morgan fingerprint density at radius 2 is 1.32 bits per heavy atom. The molecule has 2 rings (SSSR count). The number of hydrogen-bond acceptors (Lipinski definition) is 7. The maximum absolute atomic E-state index is 10.0. The zero-order valence-corrected chi connectivity index (χ0v) is 19.6. The van der Waals surface area contributed by atoms with Gasteiger partial charge in [-0.25, -0.2) is 0 Å². The fraction of sp³-hybridized carbons (Fsp3) is 1.00. The molecule has 0 aromatic heterocycles. The minimum Gasteiger partial charge on any atom is -0.387 e. The summed E-state index contributed by atoms with van der Waals surface area (Å²) in [6.45, 7) is 3.57. The fourth-order valence-electron chi connectivity index (χ4n) is 4.11. The van der Waals surface area contributed by atoms with Gasteiger partial charge in [0.2, 0.25) is 0 Å². The molecule has 2 heterocycles. The van der Waals surface area contributed by atoms with Crippen molar-refractivity contribution in [2.75, 3.05) is 19.8 Å². The molecule has 0 spiro atoms. The Kier molecular flexibility index (Phi) is 14.2. The average Bonchev–Trinajstić information content (AvgIpc) is 3.55. The van der Waals surface area contributed by atoms with Crippen LogP contribution < -0.4 is 5.73 Å². The number of unbranched alkanes of at least 4 members (excludes halogenated alkanes) is 13. The number of fused-ring (bicyclic) bond motifs is 1. The van der Waals surface area contributed by atoms with Crippen molar-refractivity contribution in [3.63, 3.8) is 0 Å². The third kappa shape index (κ3) is 10.9. The number of aliphatic hydroxyl groups is 2. The van der Waals surface area contributed by atoms with Gasteiger partial charge < -0.3 is 34.9 Å². The molecular weight excluding hydrogens is 398 g/mol. The van der Waals surface area contributed by atoms with Gasteiger partial charge in [-0.15, -0.1) is 0 Å². The minimum absolute atomic E-state index is 0.260. The molecule has 0 bridgehead atoms. The van der Waals surface area contributed by atoms with E-state index in [0.717, 1.165) is 6.42 Å². The van der Waals surface area contributed by atoms with E-state index < -0.39 is 30.9 Å². The first-order valence-corrected chi connectivity index (χ1v) is 12.8. The normalized spacial score (nSPS) is 28.5. The molecule has 2 fully saturated rings. The minimum atomic E-state index is -1.14. The lowest BCUT2D eigenvalue weighted by Crippen LogP contribution is -2.51. The van der Waals surface area contributed by atoms with E-state index in [2.05, 4.69) is 6.92 Å². The second-order valence-electron chi connectivity index (χ2n) is 9.12. The topological polar surface area (TPSA) is 107 Å². The van der Waals surface area contributed by atoms with E-state index in [0.29, 0.717) is 13.2 Å². The SMILES string of the molecule is CCCCCCCCCCCCCCCCOC[C@H](CN)O[C@H]1OC2O[C@@H]2C(O)C1O. The molecule has 7 heteroatoms. The first-order chi connectivity index (χ1) is 15.2. The van der Waals surface area contributed by atoms with Crippen LogP contribution in [0.5, 0.6) is 0 Å². The van der Waals surface area contributed by atoms with Crippen LogP contribution in [0.3, 0.4) is 0 Å². The highest BCUT2D eigenvalue weighted by Gasteiger charge is 2.56. The average molecular weight is 446 g/mol. The standard InChI is InChI=1S/C24H47NO6/c1-2-3-4-5-6-7-8-9-10-11-12-13-14-15-16-28-18-19(17-25)29-23-21(27)20(26)22-24(30-22)31-23/h19-24,26-27H,2-18,25H2,1H3/t19-,20?,21?,22+,23-,24?/m0/s1. The lowest BCUT2D eigenvalue weighted by atomic mass is 10.0. The van der Waals surface area contributed by atoms with Crippen LogP contribution in [0.1, 0.15) is 96.8 Å². The Morgan fingerprint density at radius 1 is 0.774 bits per heavy atom. The van der Waals surface area contributed by atoms with E-state index in [-0.39, 0.29) is 12.6 Å². The van der Waals surface area contributed by atoms with Gasteiger partial charge in [-0.1, -0.05) is 90.4 Å². The molecule has 0 amide bonds. The molecule has 7 nitrogen and oxygen atoms in total. The van der Waals surface area contributed by atoms with E-state index in [9.17, 15) is 10.2 Å². The van der Waals surface area contributed by atoms with E-state index in [1.54, 1.807) is 0 Å². The Hall–Kier alpha value is -0.280. The lowest BCUT2D eigenvalue weighted by Gasteiger charge is -2.31. The molecule has 4 N–H and O–H groups in total. The Bertz CT molecular complexity index is 440. The summed E-state index contributed by atoms with van der Waals surface area (Å²) in [5.74, 6) is 0. The molecule has 2 saturated heterocycles. The van der Waals surface area contributed by atoms with Gasteiger partial charge in [0.05, 0.1) is 12.7 Å². The zero-order valence-electron chi connectivity index (χ0n) is 19.6. The number of epoxide rings is 1. The zero-order chi connectivity index (χ0) is 22.3. The molecule has 2 aliphatic rings. The van der Waals surface area contributed by atoms with Crippen LogP contribution in [0.15, 0.2) is 0 Å². The highest BCUT2D eigenvalue weighted by Crippen LogP contribution is 2.36. The van der Waals surface area contributed by atoms with Crippen LogP contribution in [0.25, 0.3) is 0 Å². The summed E-state index contributed by atoms with van der Waals surface area (Å²) in [7, 11) is 0. The number of rotatable bonds is 20. The monoisotopic (exact) mass is 445 g/mol. The van der Waals surface area contributed by atoms with Crippen molar-refractivity contribution >= 4 is 0 Å². The summed E-state index contributed by atoms with van der Waals surface area (Å²) in [5, 5.41) is 19.9. The van der Waals surface area contributed by atoms with Gasteiger partial charge in [-0.05, 0) is 6.42 Å². The van der Waals surface area contributed by atoms with Gasteiger partial charge in [0.1, 0.15) is 18.3 Å². The molecule has 184 valence electrons. The quantitative estimate of drug-likeness (QED) is 0.194. The van der Waals surface area contributed by atoms with Crippen molar-refractivity contribution in [1.82, 2.24) is 0 Å². The summed E-state index contributed by atoms with van der Waals surface area (Å²) in [5.41, 5.74) is 5.75. The third-order valence-electron chi connectivity index (χ3n) is 6.25. The smallest absolute Gasteiger partial charge is 0.190 e. The number of ether oxygens (including phenoxy) is 4. The number of nitrogens with two attached hydrogens (primary N) is 1. The van der Waals surface area contributed by atoms with Crippen molar-refractivity contribution in [2.24, 2.45) is 5.73 Å². The van der Waals surface area contributed by atoms with E-state index in [4.69, 9.17) is 24.7 Å². The predicted octanol–water partition coefficient (Wildman–Crippen LogP) is 3.63. The van der Waals surface area contributed by atoms with Crippen LogP contribution in [0.4, 0.5) is 0 Å². The van der Waals surface area contributed by atoms with Crippen LogP contribution >= 0.6 is 0 Å². The number of aliphatic hydroxyl groups excluding tert-OH is 2. The summed E-state index contributed by atoms with van der Waals surface area (Å²) in [6.07, 6.45) is 14.3. The molecular formula is C24H47NO6. The lowest BCUT2D eigenvalue weighted by molar-refractivity contribution is -0.262. The van der Waals surface area contributed by atoms with Gasteiger partial charge in [0, 0.05) is 13.2 Å². The van der Waals surface area contributed by atoms with E-state index in [1.807, 2.05) is 0 Å². The second kappa shape index (κ2) is 16.4. The first-order valence-electron chi connectivity index (χ1n) is 12.8. The molecule has 31 heavy (non-hydrogen) atoms. The maximum Gasteiger partial charge on any atom is 0.190 e. The van der Waals surface area contributed by atoms with E-state index in [1.165, 1.54) is 83.5 Å². The predicted molar refractivity (Wildman–Crippen MR) is 121 cm³/mol. The maximum atomic E-state index is 10.0. The van der Waals surface area contributed by atoms with Crippen LogP contribution in [-0.2, 0) is 18.9 Å². The third-order valence-corrected chi connectivity index (χ3v) is 6.25. The second-order valence-corrected chi connectivity index (χ2v) is 9.12. The molecule has 0 radical (unpaired) electrons. The summed E-state index contributed by atoms with van der Waals surface area (Å²) < 4.78 is 21.9. The Labute approximate surface area is 189 Å². The van der Waals surface area contributed by atoms with Crippen molar-refractivity contribution < 1.29 is 29.2 Å². The molecule has 0 saturated carbocycles. The molecule has 3 unspecified atom stereocenters. The Balaban J connectivity index is 1.35. The van der Waals surface area contributed by atoms with Gasteiger partial charge in [0.15, 0.2) is 12.6 Å². The summed E-state index contributed by atoms with van der Waals surface area (Å²) >= 11 is 0. The molecule has 6 atom stereocenters. The molecule has 0 aromatic rings. The van der Waals surface area contributed by atoms with Crippen LogP contribution in [0.2, 0.25) is 0 Å². The van der Waals surface area contributed by atoms with Crippen LogP contribution in [0, 0.1) is 0 Å². The van der Waals surface area contributed by atoms with Crippen molar-refractivity contribution in [2.45, 2.75) is 134 Å². The van der Waals surface area contributed by atoms with Gasteiger partial charge >= 0.3 is 0 Å². The van der Waals surface area contributed by atoms with Gasteiger partial charge in [-0.2, -0.15) is 0 Å². The highest BCUT2D eigenvalue weighted by atomic mass is 16.8. The van der Waals surface area contributed by atoms with Crippen molar-refractivity contribution in [3.8, 4) is 0 Å². The van der Waals surface area contributed by atoms with Crippen molar-refractivity contribution in [3.05, 3.63) is 0 Å². The summed E-state index contributed by atoms with van der Waals surface area (Å²) in [6, 6.07) is 0. The largest absolute Gasteiger partial charge is 0.387 e. The van der Waals surface area contributed by atoms with Gasteiger partial charge in [-0.3, -0.25) is 0 Å². The summed E-state index contributed by atoms with van der Waals surface area (Å²) in [4.78, 5) is 0. The van der Waals surface area contributed by atoms with Gasteiger partial charge in [0.25, 0.3) is 0 Å². The van der Waals surface area contributed by atoms with E-state index >= 15 is 0 Å². The van der Waals surface area contributed by atoms with Crippen molar-refractivity contribution in [1.29, 1.82) is 0 Å². The fourth-order valence-corrected chi connectivity index (χ4v) is 4.11. The highest BCUT2D eigenvalue weighted by molar-refractivity contribution is 4.95. The molecule has 0 aromatic carbocycles. The molecule has 0 aliphatic carbocycles. The molecule has 2 aliphatic heterocycles. The first kappa shape index (κ1) is 27.0.